The highest BCUT2D eigenvalue weighted by molar-refractivity contribution is 7.92. The van der Waals surface area contributed by atoms with Crippen molar-refractivity contribution in [2.24, 2.45) is 0 Å². The van der Waals surface area contributed by atoms with Gasteiger partial charge < -0.3 is 19.5 Å². The van der Waals surface area contributed by atoms with Crippen molar-refractivity contribution in [3.63, 3.8) is 0 Å². The van der Waals surface area contributed by atoms with E-state index in [2.05, 4.69) is 10.3 Å². The number of hydrogen-bond acceptors (Lipinski definition) is 8. The molecule has 0 atom stereocenters. The molecule has 0 aliphatic rings. The predicted octanol–water partition coefficient (Wildman–Crippen LogP) is 3.25. The molecule has 0 bridgehead atoms. The van der Waals surface area contributed by atoms with Crippen LogP contribution in [0, 0.1) is 0 Å². The van der Waals surface area contributed by atoms with Crippen LogP contribution < -0.4 is 19.5 Å². The number of amides is 1. The molecule has 1 amide bonds. The van der Waals surface area contributed by atoms with Gasteiger partial charge in [-0.25, -0.2) is 13.4 Å². The molecule has 0 aliphatic carbocycles. The Labute approximate surface area is 178 Å². The Bertz CT molecular complexity index is 1140. The monoisotopic (exact) mass is 448 g/mol. The maximum absolute atomic E-state index is 12.5. The summed E-state index contributed by atoms with van der Waals surface area (Å²) < 4.78 is 40.5. The van der Waals surface area contributed by atoms with Crippen LogP contribution in [0.5, 0.6) is 17.2 Å². The second-order valence-electron chi connectivity index (χ2n) is 6.09. The fourth-order valence-electron chi connectivity index (χ4n) is 2.66. The van der Waals surface area contributed by atoms with Crippen LogP contribution >= 0.6 is 11.3 Å². The molecule has 3 rings (SSSR count). The molecule has 30 heavy (non-hydrogen) atoms. The molecule has 10 heteroatoms. The van der Waals surface area contributed by atoms with Crippen molar-refractivity contribution in [1.82, 2.24) is 4.98 Å². The first-order chi connectivity index (χ1) is 14.4. The zero-order chi connectivity index (χ0) is 21.7. The molecule has 158 valence electrons. The second kappa shape index (κ2) is 9.14. The highest BCUT2D eigenvalue weighted by Gasteiger charge is 2.21. The lowest BCUT2D eigenvalue weighted by Gasteiger charge is -2.08. The highest BCUT2D eigenvalue weighted by Crippen LogP contribution is 2.35. The minimum atomic E-state index is -3.80. The van der Waals surface area contributed by atoms with Gasteiger partial charge in [-0.3, -0.25) is 4.79 Å². The van der Waals surface area contributed by atoms with Crippen molar-refractivity contribution in [3.8, 4) is 28.5 Å². The molecule has 0 saturated carbocycles. The van der Waals surface area contributed by atoms with Gasteiger partial charge >= 0.3 is 0 Å². The van der Waals surface area contributed by atoms with E-state index in [0.29, 0.717) is 28.5 Å². The van der Waals surface area contributed by atoms with Gasteiger partial charge in [0.1, 0.15) is 23.0 Å². The number of nitrogens with zero attached hydrogens (tertiary/aromatic N) is 1. The molecule has 8 nitrogen and oxygen atoms in total. The normalized spacial score (nSPS) is 11.0. The number of aromatic nitrogens is 1. The number of sulfone groups is 1. The molecule has 0 unspecified atom stereocenters. The van der Waals surface area contributed by atoms with E-state index in [4.69, 9.17) is 14.2 Å². The summed E-state index contributed by atoms with van der Waals surface area (Å²) in [4.78, 5) is 16.7. The number of carbonyl (C=O) groups is 1. The van der Waals surface area contributed by atoms with E-state index >= 15 is 0 Å². The molecule has 0 fully saturated rings. The van der Waals surface area contributed by atoms with Crippen molar-refractivity contribution in [1.29, 1.82) is 0 Å². The summed E-state index contributed by atoms with van der Waals surface area (Å²) in [6, 6.07) is 11.1. The lowest BCUT2D eigenvalue weighted by atomic mass is 10.1. The van der Waals surface area contributed by atoms with E-state index in [1.165, 1.54) is 42.7 Å². The molecule has 3 aromatic rings. The van der Waals surface area contributed by atoms with Gasteiger partial charge in [-0.15, -0.1) is 11.3 Å². The molecular weight excluding hydrogens is 428 g/mol. The lowest BCUT2D eigenvalue weighted by Crippen LogP contribution is -2.22. The van der Waals surface area contributed by atoms with Crippen LogP contribution in [0.1, 0.15) is 0 Å². The van der Waals surface area contributed by atoms with Crippen LogP contribution in [-0.2, 0) is 14.6 Å². The number of methoxy groups -OCH3 is 3. The van der Waals surface area contributed by atoms with Gasteiger partial charge in [0.05, 0.1) is 31.9 Å². The fourth-order valence-corrected chi connectivity index (χ4v) is 4.52. The third-order valence-electron chi connectivity index (χ3n) is 4.17. The van der Waals surface area contributed by atoms with Gasteiger partial charge in [0.15, 0.2) is 15.0 Å². The largest absolute Gasteiger partial charge is 0.497 e. The van der Waals surface area contributed by atoms with Gasteiger partial charge in [0, 0.05) is 10.9 Å². The summed E-state index contributed by atoms with van der Waals surface area (Å²) in [6.07, 6.45) is 0. The summed E-state index contributed by atoms with van der Waals surface area (Å²) >= 11 is 1.18. The minimum absolute atomic E-state index is 0.0411. The highest BCUT2D eigenvalue weighted by atomic mass is 32.2. The van der Waals surface area contributed by atoms with Crippen LogP contribution in [-0.4, -0.2) is 46.4 Å². The number of hydrogen-bond donors (Lipinski definition) is 1. The Kier molecular flexibility index (Phi) is 6.58. The fraction of sp³-hybridized carbons (Fsp3) is 0.200. The van der Waals surface area contributed by atoms with Crippen molar-refractivity contribution in [2.45, 2.75) is 4.90 Å². The van der Waals surface area contributed by atoms with Crippen LogP contribution in [0.25, 0.3) is 11.3 Å². The molecule has 0 aliphatic heterocycles. The van der Waals surface area contributed by atoms with Crippen LogP contribution in [0.15, 0.2) is 52.7 Å². The molecule has 0 radical (unpaired) electrons. The zero-order valence-electron chi connectivity index (χ0n) is 16.5. The summed E-state index contributed by atoms with van der Waals surface area (Å²) in [5.74, 6) is 0.388. The Morgan fingerprint density at radius 2 is 1.67 bits per heavy atom. The second-order valence-corrected chi connectivity index (χ2v) is 8.93. The Hall–Kier alpha value is -3.11. The molecule has 0 saturated heterocycles. The standard InChI is InChI=1S/C20H20N2O6S2/c1-26-13-4-7-15(8-5-13)30(24,25)12-19(23)22-20-21-17(11-29-20)16-10-14(27-2)6-9-18(16)28-3/h4-11H,12H2,1-3H3,(H,21,22,23). The molecule has 1 heterocycles. The number of thiazole rings is 1. The van der Waals surface area contributed by atoms with Crippen LogP contribution in [0.4, 0.5) is 5.13 Å². The van der Waals surface area contributed by atoms with Gasteiger partial charge in [0.25, 0.3) is 0 Å². The third kappa shape index (κ3) is 4.89. The van der Waals surface area contributed by atoms with E-state index in [1.807, 2.05) is 0 Å². The molecule has 1 aromatic heterocycles. The zero-order valence-corrected chi connectivity index (χ0v) is 18.2. The maximum Gasteiger partial charge on any atom is 0.241 e. The van der Waals surface area contributed by atoms with Crippen molar-refractivity contribution in [3.05, 3.63) is 47.8 Å². The Morgan fingerprint density at radius 3 is 2.30 bits per heavy atom. The Balaban J connectivity index is 1.73. The molecule has 2 aromatic carbocycles. The van der Waals surface area contributed by atoms with Gasteiger partial charge in [-0.2, -0.15) is 0 Å². The first kappa shape index (κ1) is 21.6. The number of rotatable bonds is 8. The van der Waals surface area contributed by atoms with E-state index in [9.17, 15) is 13.2 Å². The van der Waals surface area contributed by atoms with Crippen LogP contribution in [0.3, 0.4) is 0 Å². The van der Waals surface area contributed by atoms with Crippen molar-refractivity contribution < 1.29 is 27.4 Å². The smallest absolute Gasteiger partial charge is 0.241 e. The minimum Gasteiger partial charge on any atom is -0.497 e. The number of anilines is 1. The summed E-state index contributed by atoms with van der Waals surface area (Å²) in [6.45, 7) is 0. The van der Waals surface area contributed by atoms with Gasteiger partial charge in [-0.1, -0.05) is 0 Å². The quantitative estimate of drug-likeness (QED) is 0.564. The predicted molar refractivity (Wildman–Crippen MR) is 114 cm³/mol. The topological polar surface area (TPSA) is 104 Å². The van der Waals surface area contributed by atoms with Crippen molar-refractivity contribution in [2.75, 3.05) is 32.4 Å². The number of nitrogens with one attached hydrogen (secondary N) is 1. The van der Waals surface area contributed by atoms with Crippen molar-refractivity contribution >= 4 is 32.2 Å². The lowest BCUT2D eigenvalue weighted by molar-refractivity contribution is -0.113. The van der Waals surface area contributed by atoms with Gasteiger partial charge in [0.2, 0.25) is 5.91 Å². The average Bonchev–Trinajstić information content (AvgIpc) is 3.20. The van der Waals surface area contributed by atoms with E-state index in [-0.39, 0.29) is 10.0 Å². The molecule has 1 N–H and O–H groups in total. The number of benzene rings is 2. The van der Waals surface area contributed by atoms with E-state index < -0.39 is 21.5 Å². The average molecular weight is 449 g/mol. The summed E-state index contributed by atoms with van der Waals surface area (Å²) in [7, 11) is 0.793. The number of carbonyl (C=O) groups excluding carboxylic acids is 1. The molecular formula is C20H20N2O6S2. The summed E-state index contributed by atoms with van der Waals surface area (Å²) in [5.41, 5.74) is 1.27. The third-order valence-corrected chi connectivity index (χ3v) is 6.56. The van der Waals surface area contributed by atoms with Gasteiger partial charge in [-0.05, 0) is 42.5 Å². The summed E-state index contributed by atoms with van der Waals surface area (Å²) in [5, 5.41) is 4.56. The maximum atomic E-state index is 12.5. The Morgan fingerprint density at radius 1 is 1.00 bits per heavy atom. The van der Waals surface area contributed by atoms with E-state index in [1.54, 1.807) is 37.8 Å². The first-order valence-electron chi connectivity index (χ1n) is 8.71. The SMILES string of the molecule is COc1ccc(S(=O)(=O)CC(=O)Nc2nc(-c3cc(OC)ccc3OC)cs2)cc1. The first-order valence-corrected chi connectivity index (χ1v) is 11.2. The van der Waals surface area contributed by atoms with Crippen LogP contribution in [0.2, 0.25) is 0 Å². The number of ether oxygens (including phenoxy) is 3. The van der Waals surface area contributed by atoms with E-state index in [0.717, 1.165) is 0 Å². The molecule has 0 spiro atoms.